The van der Waals surface area contributed by atoms with E-state index in [1.54, 1.807) is 0 Å². The number of amides is 3. The Morgan fingerprint density at radius 1 is 0.342 bits per heavy atom. The largest absolute Gasteiger partial charge is 0.481 e. The summed E-state index contributed by atoms with van der Waals surface area (Å²) in [6, 6.07) is 0. The quantitative estimate of drug-likeness (QED) is 0.0257. The lowest BCUT2D eigenvalue weighted by atomic mass is 9.43. The highest BCUT2D eigenvalue weighted by molar-refractivity contribution is 5.90. The van der Waals surface area contributed by atoms with Gasteiger partial charge in [-0.15, -0.1) is 0 Å². The number of fused-ring (bicyclic) bond motifs is 15. The Kier molecular flexibility index (Phi) is 29.8. The second kappa shape index (κ2) is 38.0. The first-order valence-electron chi connectivity index (χ1n) is 49.5. The molecular weight excluding hydrogens is 1520 g/mol. The average molecular weight is 1680 g/mol. The minimum atomic E-state index is -1.01. The number of carbonyl (C=O) groups excluding carboxylic acids is 3. The maximum Gasteiger partial charge on any atom is 0.303 e. The van der Waals surface area contributed by atoms with Crippen molar-refractivity contribution in [3.63, 3.8) is 0 Å². The van der Waals surface area contributed by atoms with E-state index in [1.165, 1.54) is 12.8 Å². The van der Waals surface area contributed by atoms with Crippen molar-refractivity contribution in [3.05, 3.63) is 0 Å². The molecule has 0 aromatic carbocycles. The van der Waals surface area contributed by atoms with E-state index in [1.807, 2.05) is 20.8 Å². The number of carboxylic acids is 3. The molecule has 20 nitrogen and oxygen atoms in total. The number of unbranched alkanes of at least 4 members (excludes halogenated alkanes) is 7. The molecule has 0 heterocycles. The van der Waals surface area contributed by atoms with Crippen LogP contribution in [-0.4, -0.2) is 165 Å². The number of rotatable bonds is 37. The third-order valence-electron chi connectivity index (χ3n) is 39.5. The number of ether oxygens (including phenoxy) is 3. The molecule has 13 fully saturated rings. The predicted molar refractivity (Wildman–Crippen MR) is 463 cm³/mol. The lowest BCUT2D eigenvalue weighted by Gasteiger charge is -2.63. The van der Waals surface area contributed by atoms with Gasteiger partial charge in [0.25, 0.3) is 0 Å². The maximum absolute atomic E-state index is 14.8. The average Bonchev–Trinajstić information content (AvgIpc) is 1.43. The number of carboxylic acid groups (broad SMARTS) is 3. The van der Waals surface area contributed by atoms with Gasteiger partial charge in [0.15, 0.2) is 0 Å². The van der Waals surface area contributed by atoms with E-state index >= 15 is 0 Å². The predicted octanol–water partition coefficient (Wildman–Crippen LogP) is 16.9. The van der Waals surface area contributed by atoms with Crippen LogP contribution < -0.4 is 16.0 Å². The maximum atomic E-state index is 14.8. The van der Waals surface area contributed by atoms with Gasteiger partial charge in [-0.1, -0.05) is 109 Å². The van der Waals surface area contributed by atoms with Gasteiger partial charge in [0.1, 0.15) is 0 Å². The molecule has 0 spiro atoms. The molecule has 3 amide bonds. The highest BCUT2D eigenvalue weighted by Crippen LogP contribution is 2.73. The fraction of sp³-hybridized carbons (Fsp3) is 0.940. The molecule has 0 bridgehead atoms. The Labute approximate surface area is 721 Å². The summed E-state index contributed by atoms with van der Waals surface area (Å²) < 4.78 is 20.0. The van der Waals surface area contributed by atoms with Crippen LogP contribution in [0.3, 0.4) is 0 Å². The third kappa shape index (κ3) is 18.5. The van der Waals surface area contributed by atoms with Crippen molar-refractivity contribution in [2.75, 3.05) is 39.5 Å². The van der Waals surface area contributed by atoms with Crippen molar-refractivity contribution in [1.29, 1.82) is 0 Å². The summed E-state index contributed by atoms with van der Waals surface area (Å²) >= 11 is 0. The summed E-state index contributed by atoms with van der Waals surface area (Å²) in [6.45, 7) is 29.9. The number of nitrogens with one attached hydrogen (secondary N) is 3. The van der Waals surface area contributed by atoms with E-state index in [4.69, 9.17) is 14.2 Å². The lowest BCUT2D eigenvalue weighted by Crippen LogP contribution is -2.62. The number of carbonyl (C=O) groups is 6. The molecule has 0 aromatic rings. The minimum Gasteiger partial charge on any atom is -0.481 e. The lowest BCUT2D eigenvalue weighted by molar-refractivity contribution is -0.209. The van der Waals surface area contributed by atoms with Crippen LogP contribution in [0.4, 0.5) is 0 Å². The van der Waals surface area contributed by atoms with Crippen molar-refractivity contribution in [1.82, 2.24) is 16.0 Å². The Morgan fingerprint density at radius 2 is 0.650 bits per heavy atom. The Hall–Kier alpha value is -3.50. The van der Waals surface area contributed by atoms with Crippen LogP contribution in [0.15, 0.2) is 0 Å². The summed E-state index contributed by atoms with van der Waals surface area (Å²) in [5.74, 6) is 2.81. The van der Waals surface area contributed by atoms with Crippen LogP contribution in [0.2, 0.25) is 0 Å². The van der Waals surface area contributed by atoms with Gasteiger partial charge in [0, 0.05) is 75.0 Å². The van der Waals surface area contributed by atoms with Crippen molar-refractivity contribution in [2.45, 2.75) is 395 Å². The molecule has 120 heavy (non-hydrogen) atoms. The molecule has 13 rings (SSSR count). The Balaban J connectivity index is 0.555. The van der Waals surface area contributed by atoms with Crippen LogP contribution in [0.1, 0.15) is 346 Å². The topological polar surface area (TPSA) is 328 Å². The molecule has 0 radical (unpaired) electrons. The number of aliphatic carboxylic acids is 3. The van der Waals surface area contributed by atoms with Crippen LogP contribution in [-0.2, 0) is 43.0 Å². The number of aliphatic hydroxyl groups is 5. The highest BCUT2D eigenvalue weighted by Gasteiger charge is 2.70. The van der Waals surface area contributed by atoms with Gasteiger partial charge < -0.3 is 71.0 Å². The number of aliphatic hydroxyl groups excluding tert-OH is 5. The molecule has 684 valence electrons. The van der Waals surface area contributed by atoms with E-state index in [-0.39, 0.29) is 165 Å². The molecular formula is C100H167N3O17. The van der Waals surface area contributed by atoms with E-state index in [0.717, 1.165) is 173 Å². The van der Waals surface area contributed by atoms with E-state index in [9.17, 15) is 69.6 Å². The van der Waals surface area contributed by atoms with Crippen LogP contribution >= 0.6 is 0 Å². The summed E-state index contributed by atoms with van der Waals surface area (Å²) in [5.41, 5.74) is -3.62. The zero-order valence-electron chi connectivity index (χ0n) is 76.5. The van der Waals surface area contributed by atoms with Gasteiger partial charge in [-0.05, 0) is 357 Å². The molecule has 13 aliphatic rings. The van der Waals surface area contributed by atoms with Crippen molar-refractivity contribution >= 4 is 35.6 Å². The molecule has 13 aliphatic carbocycles. The standard InChI is InChI=1S/C100H167N3O17/c1-60(23-34-84(109)110)70-28-31-73-69-27-26-63-49-66(37-40-95(63,7)76(69)54-81(106)98(70,73)10)118-46-20-15-13-17-43-101-89(115)92(4)57-93(5,90(116)102-44-18-14-16-21-47-119-67-38-41-96(8)64(50-67)52-79(104)87-74-32-29-71(61(2)24-35-85(111)112)99(74,11)82(107)55-77(87)96)59-94(6,58-92)91(117)103-45-19-22-48-120-68-39-42-97(9)65(51-68)53-80(105)88-75-33-30-72(62(3)25-36-86(113)114)100(75,12)83(108)56-78(88)97/h60-83,87-88,104-108H,13-59H2,1-12H3,(H,101,115)(H,102,116)(H,103,117)(H,109,110)(H,111,112)(H,113,114)/t60-,61-,62-,63-,64+,65+,66+,67+,68+,69+,70-,71-,72-,73+,74+,75+,76+,77+,78+,79-,80-,81+,82+,83+,87+,88+,92?,93?,94?,95+,96+,97+,98-,99-,100-/m1/s1. The number of hydrogen-bond donors (Lipinski definition) is 11. The fourth-order valence-electron chi connectivity index (χ4n) is 33.1. The van der Waals surface area contributed by atoms with Gasteiger partial charge >= 0.3 is 17.9 Å². The molecule has 0 saturated heterocycles. The van der Waals surface area contributed by atoms with Crippen LogP contribution in [0, 0.1) is 155 Å². The normalized spacial score (nSPS) is 45.6. The number of hydrogen-bond acceptors (Lipinski definition) is 14. The van der Waals surface area contributed by atoms with Gasteiger partial charge in [-0.25, -0.2) is 0 Å². The zero-order valence-corrected chi connectivity index (χ0v) is 76.5. The zero-order chi connectivity index (χ0) is 86.5. The Morgan fingerprint density at radius 3 is 1.02 bits per heavy atom. The van der Waals surface area contributed by atoms with Crippen molar-refractivity contribution < 1.29 is 83.8 Å². The van der Waals surface area contributed by atoms with Gasteiger partial charge in [0.05, 0.1) is 48.8 Å². The van der Waals surface area contributed by atoms with E-state index < -0.39 is 58.6 Å². The molecule has 3 unspecified atom stereocenters. The summed E-state index contributed by atoms with van der Waals surface area (Å²) in [7, 11) is 0. The van der Waals surface area contributed by atoms with Crippen molar-refractivity contribution in [2.24, 2.45) is 155 Å². The summed E-state index contributed by atoms with van der Waals surface area (Å²) in [4.78, 5) is 79.0. The van der Waals surface area contributed by atoms with E-state index in [0.29, 0.717) is 133 Å². The second-order valence-corrected chi connectivity index (χ2v) is 46.2. The molecule has 13 saturated carbocycles. The second-order valence-electron chi connectivity index (χ2n) is 46.2. The van der Waals surface area contributed by atoms with Gasteiger partial charge in [0.2, 0.25) is 17.7 Å². The first-order valence-corrected chi connectivity index (χ1v) is 49.5. The fourth-order valence-corrected chi connectivity index (χ4v) is 33.1. The smallest absolute Gasteiger partial charge is 0.303 e. The Bertz CT molecular complexity index is 3510. The minimum absolute atomic E-state index is 0.0131. The van der Waals surface area contributed by atoms with Crippen LogP contribution in [0.25, 0.3) is 0 Å². The first-order chi connectivity index (χ1) is 56.8. The monoisotopic (exact) mass is 1680 g/mol. The van der Waals surface area contributed by atoms with Crippen molar-refractivity contribution in [3.8, 4) is 0 Å². The summed E-state index contributed by atoms with van der Waals surface area (Å²) in [6.07, 6.45) is 31.5. The van der Waals surface area contributed by atoms with Gasteiger partial charge in [-0.2, -0.15) is 0 Å². The molecule has 11 N–H and O–H groups in total. The molecule has 0 aliphatic heterocycles. The summed E-state index contributed by atoms with van der Waals surface area (Å²) in [5, 5.41) is 98.8. The molecule has 35 atom stereocenters. The van der Waals surface area contributed by atoms with E-state index in [2.05, 4.69) is 78.3 Å². The molecule has 20 heteroatoms. The van der Waals surface area contributed by atoms with Crippen LogP contribution in [0.5, 0.6) is 0 Å². The highest BCUT2D eigenvalue weighted by atomic mass is 16.5. The molecule has 0 aromatic heterocycles. The SMILES string of the molecule is C[C@H](CCC(=O)O)[C@H]1CC[C@H]2[C@@H]3CC[C@@H]4C[C@@H](OCCCCCCNC(=O)C5(C)CC(C)(C(=O)NCCCCCCO[C@H]6CC[C@@]7(C)[C@@H](C6)C[C@@H](O)[C@@H]6[C@@H]7C[C@H](O)[C@]7(C)[C@@H]([C@H](C)CCC(=O)O)CC[C@@H]67)CC(C)(C(=O)NCCCCO[C@H]6CC[C@@]7(C)[C@@H](C6)C[C@@H](O)[C@@H]6[C@@H]7C[C@H](O)[C@]7(C)[C@@H]([C@H](C)CCC(=O)O)CC[C@@H]67)C5)CC[C@]4(C)[C@H]3C[C@H](O)[C@]12C. The van der Waals surface area contributed by atoms with Gasteiger partial charge in [-0.3, -0.25) is 28.8 Å². The first kappa shape index (κ1) is 94.1. The third-order valence-corrected chi connectivity index (χ3v) is 39.5.